The maximum atomic E-state index is 11.5. The highest BCUT2D eigenvalue weighted by molar-refractivity contribution is 7.89. The van der Waals surface area contributed by atoms with Crippen molar-refractivity contribution in [3.63, 3.8) is 0 Å². The minimum atomic E-state index is -3.62. The molecule has 0 aromatic heterocycles. The van der Waals surface area contributed by atoms with Crippen molar-refractivity contribution < 1.29 is 13.2 Å². The van der Waals surface area contributed by atoms with E-state index in [2.05, 4.69) is 39.8 Å². The lowest BCUT2D eigenvalue weighted by Gasteiger charge is -2.34. The molecule has 0 bridgehead atoms. The smallest absolute Gasteiger partial charge is 0.241 e. The SMILES string of the molecule is C/C(N)=C/N(N)C1CCCc2cc(CN3CCN(C)CC3)ccc21.Cc1ccc(S(=O)(=O)NCC(N)=O)cc1. The van der Waals surface area contributed by atoms with Crippen LogP contribution in [0.3, 0.4) is 0 Å². The molecule has 1 amide bonds. The predicted molar refractivity (Wildman–Crippen MR) is 154 cm³/mol. The molecule has 1 atom stereocenters. The Balaban J connectivity index is 0.000000242. The molecule has 0 radical (unpaired) electrons. The third kappa shape index (κ3) is 9.33. The van der Waals surface area contributed by atoms with Gasteiger partial charge in [-0.05, 0) is 69.0 Å². The molecule has 1 saturated heterocycles. The molecule has 1 unspecified atom stereocenters. The number of nitrogens with two attached hydrogens (primary N) is 3. The predicted octanol–water partition coefficient (Wildman–Crippen LogP) is 1.57. The van der Waals surface area contributed by atoms with E-state index in [0.29, 0.717) is 0 Å². The van der Waals surface area contributed by atoms with Crippen LogP contribution in [-0.4, -0.2) is 68.9 Å². The molecule has 39 heavy (non-hydrogen) atoms. The number of fused-ring (bicyclic) bond motifs is 1. The minimum absolute atomic E-state index is 0.120. The van der Waals surface area contributed by atoms with E-state index < -0.39 is 22.5 Å². The number of benzene rings is 2. The van der Waals surface area contributed by atoms with E-state index in [4.69, 9.17) is 17.3 Å². The molecule has 1 aliphatic heterocycles. The summed E-state index contributed by atoms with van der Waals surface area (Å²) in [5.41, 5.74) is 16.6. The second-order valence-electron chi connectivity index (χ2n) is 10.4. The minimum Gasteiger partial charge on any atom is -0.401 e. The second-order valence-corrected chi connectivity index (χ2v) is 12.2. The zero-order valence-corrected chi connectivity index (χ0v) is 24.1. The molecule has 1 heterocycles. The summed E-state index contributed by atoms with van der Waals surface area (Å²) in [4.78, 5) is 15.5. The molecule has 1 fully saturated rings. The van der Waals surface area contributed by atoms with Crippen molar-refractivity contribution in [2.45, 2.75) is 50.6 Å². The standard InChI is InChI=1S/C19H31N5.C9H12N2O3S/c1-15(20)13-24(21)19-5-3-4-17-12-16(6-7-18(17)19)14-23-10-8-22(2)9-11-23;1-7-2-4-8(5-3-7)15(13,14)11-6-9(10)12/h6-7,12-13,19H,3-5,8-11,14,20-21H2,1-2H3;2-5,11H,6H2,1H3,(H2,10,12)/b15-13-;. The number of rotatable bonds is 8. The monoisotopic (exact) mass is 557 g/mol. The number of nitrogens with one attached hydrogen (secondary N) is 1. The van der Waals surface area contributed by atoms with Gasteiger partial charge < -0.3 is 21.4 Å². The van der Waals surface area contributed by atoms with Gasteiger partial charge in [-0.3, -0.25) is 9.69 Å². The number of amides is 1. The van der Waals surface area contributed by atoms with Crippen LogP contribution in [-0.2, 0) is 27.8 Å². The molecular formula is C28H43N7O3S. The van der Waals surface area contributed by atoms with Gasteiger partial charge in [0.2, 0.25) is 15.9 Å². The maximum absolute atomic E-state index is 11.5. The van der Waals surface area contributed by atoms with Gasteiger partial charge in [0.1, 0.15) is 0 Å². The van der Waals surface area contributed by atoms with E-state index in [9.17, 15) is 13.2 Å². The third-order valence-electron chi connectivity index (χ3n) is 6.97. The Bertz CT molecular complexity index is 1240. The number of carbonyl (C=O) groups is 1. The van der Waals surface area contributed by atoms with Crippen molar-refractivity contribution in [1.29, 1.82) is 0 Å². The van der Waals surface area contributed by atoms with Crippen LogP contribution in [0.5, 0.6) is 0 Å². The Hall–Kier alpha value is -2.96. The number of piperazine rings is 1. The van der Waals surface area contributed by atoms with E-state index in [1.807, 2.05) is 20.0 Å². The summed E-state index contributed by atoms with van der Waals surface area (Å²) in [6.45, 7) is 9.05. The van der Waals surface area contributed by atoms with Crippen LogP contribution in [0, 0.1) is 6.92 Å². The zero-order valence-electron chi connectivity index (χ0n) is 23.3. The fourth-order valence-electron chi connectivity index (χ4n) is 4.81. The highest BCUT2D eigenvalue weighted by Gasteiger charge is 2.24. The van der Waals surface area contributed by atoms with Crippen molar-refractivity contribution in [3.8, 4) is 0 Å². The van der Waals surface area contributed by atoms with Crippen LogP contribution in [0.15, 0.2) is 59.3 Å². The lowest BCUT2D eigenvalue weighted by Crippen LogP contribution is -2.43. The first-order chi connectivity index (χ1) is 18.4. The molecule has 0 saturated carbocycles. The van der Waals surface area contributed by atoms with Crippen LogP contribution >= 0.6 is 0 Å². The van der Waals surface area contributed by atoms with E-state index in [-0.39, 0.29) is 10.9 Å². The Kier molecular flexibility index (Phi) is 10.9. The fraction of sp³-hybridized carbons (Fsp3) is 0.464. The lowest BCUT2D eigenvalue weighted by molar-refractivity contribution is -0.116. The summed E-state index contributed by atoms with van der Waals surface area (Å²) < 4.78 is 25.1. The number of primary amides is 1. The topological polar surface area (TPSA) is 151 Å². The largest absolute Gasteiger partial charge is 0.401 e. The number of nitrogens with zero attached hydrogens (tertiary/aromatic N) is 3. The maximum Gasteiger partial charge on any atom is 0.241 e. The fourth-order valence-corrected chi connectivity index (χ4v) is 5.80. The Morgan fingerprint density at radius 3 is 2.38 bits per heavy atom. The average Bonchev–Trinajstić information content (AvgIpc) is 2.89. The van der Waals surface area contributed by atoms with Gasteiger partial charge in [-0.25, -0.2) is 19.0 Å². The molecule has 2 aliphatic rings. The zero-order chi connectivity index (χ0) is 28.6. The summed E-state index contributed by atoms with van der Waals surface area (Å²) >= 11 is 0. The number of hydrazine groups is 1. The van der Waals surface area contributed by atoms with Gasteiger partial charge in [-0.2, -0.15) is 0 Å². The molecule has 11 heteroatoms. The van der Waals surface area contributed by atoms with E-state index in [1.165, 1.54) is 48.3 Å². The van der Waals surface area contributed by atoms with Gasteiger partial charge in [-0.15, -0.1) is 0 Å². The van der Waals surface area contributed by atoms with Crippen LogP contribution in [0.25, 0.3) is 0 Å². The van der Waals surface area contributed by atoms with Gasteiger partial charge in [0, 0.05) is 44.6 Å². The highest BCUT2D eigenvalue weighted by atomic mass is 32.2. The molecule has 2 aromatic carbocycles. The summed E-state index contributed by atoms with van der Waals surface area (Å²) in [7, 11) is -1.42. The number of hydrogen-bond donors (Lipinski definition) is 4. The van der Waals surface area contributed by atoms with Crippen LogP contribution < -0.4 is 22.0 Å². The number of likely N-dealkylation sites (N-methyl/N-ethyl adjacent to an activating group) is 1. The number of sulfonamides is 1. The number of aryl methyl sites for hydroxylation is 2. The van der Waals surface area contributed by atoms with Crippen LogP contribution in [0.2, 0.25) is 0 Å². The molecule has 1 aliphatic carbocycles. The first kappa shape index (κ1) is 30.6. The molecule has 10 nitrogen and oxygen atoms in total. The molecular weight excluding hydrogens is 514 g/mol. The molecule has 4 rings (SSSR count). The van der Waals surface area contributed by atoms with Crippen molar-refractivity contribution in [3.05, 3.63) is 76.6 Å². The molecule has 214 valence electrons. The third-order valence-corrected chi connectivity index (χ3v) is 8.39. The van der Waals surface area contributed by atoms with Crippen molar-refractivity contribution in [2.75, 3.05) is 39.8 Å². The molecule has 7 N–H and O–H groups in total. The van der Waals surface area contributed by atoms with Crippen molar-refractivity contribution >= 4 is 15.9 Å². The highest BCUT2D eigenvalue weighted by Crippen LogP contribution is 2.34. The number of carbonyl (C=O) groups excluding carboxylic acids is 1. The quantitative estimate of drug-likeness (QED) is 0.282. The van der Waals surface area contributed by atoms with Crippen LogP contribution in [0.4, 0.5) is 0 Å². The van der Waals surface area contributed by atoms with Gasteiger partial charge in [0.15, 0.2) is 0 Å². The van der Waals surface area contributed by atoms with E-state index in [1.54, 1.807) is 17.1 Å². The van der Waals surface area contributed by atoms with Crippen LogP contribution in [0.1, 0.15) is 48.1 Å². The van der Waals surface area contributed by atoms with Gasteiger partial charge in [0.05, 0.1) is 17.5 Å². The van der Waals surface area contributed by atoms with E-state index >= 15 is 0 Å². The first-order valence-corrected chi connectivity index (χ1v) is 14.8. The first-order valence-electron chi connectivity index (χ1n) is 13.3. The summed E-state index contributed by atoms with van der Waals surface area (Å²) in [5.74, 6) is 5.51. The van der Waals surface area contributed by atoms with Crippen molar-refractivity contribution in [1.82, 2.24) is 19.5 Å². The lowest BCUT2D eigenvalue weighted by atomic mass is 9.86. The van der Waals surface area contributed by atoms with Gasteiger partial charge >= 0.3 is 0 Å². The molecule has 0 spiro atoms. The van der Waals surface area contributed by atoms with Gasteiger partial charge in [-0.1, -0.05) is 35.9 Å². The Morgan fingerprint density at radius 2 is 1.77 bits per heavy atom. The average molecular weight is 558 g/mol. The number of hydrogen-bond acceptors (Lipinski definition) is 8. The molecule has 2 aromatic rings. The van der Waals surface area contributed by atoms with Crippen molar-refractivity contribution in [2.24, 2.45) is 17.3 Å². The normalized spacial score (nSPS) is 18.6. The Labute approximate surface area is 232 Å². The summed E-state index contributed by atoms with van der Waals surface area (Å²) in [6, 6.07) is 13.5. The Morgan fingerprint density at radius 1 is 1.10 bits per heavy atom. The van der Waals surface area contributed by atoms with E-state index in [0.717, 1.165) is 43.7 Å². The summed E-state index contributed by atoms with van der Waals surface area (Å²) in [6.07, 6.45) is 5.27. The summed E-state index contributed by atoms with van der Waals surface area (Å²) in [5, 5.41) is 1.79. The second kappa shape index (κ2) is 13.9. The number of allylic oxidation sites excluding steroid dienone is 1. The van der Waals surface area contributed by atoms with Gasteiger partial charge in [0.25, 0.3) is 0 Å².